The lowest BCUT2D eigenvalue weighted by Gasteiger charge is -2.13. The average molecular weight is 359 g/mol. The van der Waals surface area contributed by atoms with Crippen molar-refractivity contribution in [3.8, 4) is 5.75 Å². The Bertz CT molecular complexity index is 496. The Morgan fingerprint density at radius 2 is 2.40 bits per heavy atom. The maximum Gasteiger partial charge on any atom is 0.237 e. The quantitative estimate of drug-likeness (QED) is 0.816. The second-order valence-corrected chi connectivity index (χ2v) is 6.66. The van der Waals surface area contributed by atoms with Crippen LogP contribution in [0.2, 0.25) is 0 Å². The standard InChI is InChI=1S/C14H19BrN2O2S/c1-20-5-3-12(16)14(18)17-8-10-7-11(15)6-9-2-4-19-13(9)10/h6-7,12H,2-5,8,16H2,1H3,(H,17,18)/t12-/m0/s1. The number of nitrogens with one attached hydrogen (secondary N) is 1. The number of thioether (sulfide) groups is 1. The molecular formula is C14H19BrN2O2S. The molecular weight excluding hydrogens is 340 g/mol. The molecule has 1 aliphatic heterocycles. The zero-order valence-electron chi connectivity index (χ0n) is 11.4. The maximum atomic E-state index is 11.9. The van der Waals surface area contributed by atoms with E-state index in [1.54, 1.807) is 11.8 Å². The minimum absolute atomic E-state index is 0.106. The zero-order chi connectivity index (χ0) is 14.5. The van der Waals surface area contributed by atoms with Crippen LogP contribution in [0.4, 0.5) is 0 Å². The van der Waals surface area contributed by atoms with Crippen LogP contribution in [0.25, 0.3) is 0 Å². The molecule has 1 amide bonds. The average Bonchev–Trinajstić information content (AvgIpc) is 2.89. The SMILES string of the molecule is CSCC[C@H](N)C(=O)NCc1cc(Br)cc2c1OCC2. The molecule has 0 bridgehead atoms. The number of carbonyl (C=O) groups excluding carboxylic acids is 1. The summed E-state index contributed by atoms with van der Waals surface area (Å²) in [5.41, 5.74) is 8.03. The first kappa shape index (κ1) is 15.7. The molecule has 6 heteroatoms. The number of benzene rings is 1. The monoisotopic (exact) mass is 358 g/mol. The Hall–Kier alpha value is -0.720. The Labute approximate surface area is 132 Å². The molecule has 1 heterocycles. The fraction of sp³-hybridized carbons (Fsp3) is 0.500. The summed E-state index contributed by atoms with van der Waals surface area (Å²) in [5.74, 6) is 1.70. The summed E-state index contributed by atoms with van der Waals surface area (Å²) < 4.78 is 6.65. The predicted molar refractivity (Wildman–Crippen MR) is 86.2 cm³/mol. The van der Waals surface area contributed by atoms with E-state index in [-0.39, 0.29) is 5.91 Å². The van der Waals surface area contributed by atoms with Gasteiger partial charge in [0.05, 0.1) is 12.6 Å². The summed E-state index contributed by atoms with van der Waals surface area (Å²) in [6.45, 7) is 1.16. The van der Waals surface area contributed by atoms with Gasteiger partial charge in [0, 0.05) is 23.0 Å². The molecule has 20 heavy (non-hydrogen) atoms. The van der Waals surface area contributed by atoms with Crippen LogP contribution < -0.4 is 15.8 Å². The lowest BCUT2D eigenvalue weighted by molar-refractivity contribution is -0.122. The van der Waals surface area contributed by atoms with Crippen LogP contribution in [0.5, 0.6) is 5.75 Å². The maximum absolute atomic E-state index is 11.9. The van der Waals surface area contributed by atoms with Gasteiger partial charge < -0.3 is 15.8 Å². The van der Waals surface area contributed by atoms with Gasteiger partial charge in [-0.05, 0) is 36.1 Å². The number of hydrogen-bond acceptors (Lipinski definition) is 4. The first-order chi connectivity index (χ1) is 9.61. The van der Waals surface area contributed by atoms with Crippen LogP contribution in [0, 0.1) is 0 Å². The number of fused-ring (bicyclic) bond motifs is 1. The predicted octanol–water partition coefficient (Wildman–Crippen LogP) is 2.08. The van der Waals surface area contributed by atoms with Gasteiger partial charge in [-0.15, -0.1) is 0 Å². The summed E-state index contributed by atoms with van der Waals surface area (Å²) in [4.78, 5) is 11.9. The molecule has 1 aliphatic rings. The third-order valence-corrected chi connectivity index (χ3v) is 4.35. The molecule has 0 aliphatic carbocycles. The molecule has 1 aromatic carbocycles. The van der Waals surface area contributed by atoms with Gasteiger partial charge in [-0.1, -0.05) is 15.9 Å². The number of rotatable bonds is 6. The molecule has 0 saturated heterocycles. The van der Waals surface area contributed by atoms with Crippen molar-refractivity contribution in [2.75, 3.05) is 18.6 Å². The minimum Gasteiger partial charge on any atom is -0.493 e. The van der Waals surface area contributed by atoms with Gasteiger partial charge in [0.15, 0.2) is 0 Å². The molecule has 4 nitrogen and oxygen atoms in total. The highest BCUT2D eigenvalue weighted by Crippen LogP contribution is 2.32. The summed E-state index contributed by atoms with van der Waals surface area (Å²) in [6.07, 6.45) is 3.62. The van der Waals surface area contributed by atoms with Crippen LogP contribution in [-0.2, 0) is 17.8 Å². The number of nitrogens with two attached hydrogens (primary N) is 1. The number of hydrogen-bond donors (Lipinski definition) is 2. The molecule has 0 unspecified atom stereocenters. The fourth-order valence-electron chi connectivity index (χ4n) is 2.17. The molecule has 110 valence electrons. The largest absolute Gasteiger partial charge is 0.493 e. The van der Waals surface area contributed by atoms with Gasteiger partial charge in [-0.3, -0.25) is 4.79 Å². The Kier molecular flexibility index (Phi) is 5.74. The van der Waals surface area contributed by atoms with Gasteiger partial charge in [-0.25, -0.2) is 0 Å². The summed E-state index contributed by atoms with van der Waals surface area (Å²) in [7, 11) is 0. The van der Waals surface area contributed by atoms with E-state index in [1.807, 2.05) is 12.3 Å². The van der Waals surface area contributed by atoms with Crippen molar-refractivity contribution in [3.63, 3.8) is 0 Å². The zero-order valence-corrected chi connectivity index (χ0v) is 13.9. The van der Waals surface area contributed by atoms with E-state index in [1.165, 1.54) is 5.56 Å². The molecule has 3 N–H and O–H groups in total. The third-order valence-electron chi connectivity index (χ3n) is 3.25. The van der Waals surface area contributed by atoms with Gasteiger partial charge in [0.2, 0.25) is 5.91 Å². The molecule has 0 radical (unpaired) electrons. The number of ether oxygens (including phenoxy) is 1. The summed E-state index contributed by atoms with van der Waals surface area (Å²) in [6, 6.07) is 3.61. The molecule has 0 spiro atoms. The molecule has 1 atom stereocenters. The second kappa shape index (κ2) is 7.33. The second-order valence-electron chi connectivity index (χ2n) is 4.76. The van der Waals surface area contributed by atoms with E-state index in [0.717, 1.165) is 28.0 Å². The topological polar surface area (TPSA) is 64.4 Å². The van der Waals surface area contributed by atoms with E-state index in [2.05, 4.69) is 27.3 Å². The van der Waals surface area contributed by atoms with Crippen molar-refractivity contribution >= 4 is 33.6 Å². The molecule has 2 rings (SSSR count). The molecule has 1 aromatic rings. The van der Waals surface area contributed by atoms with E-state index < -0.39 is 6.04 Å². The molecule has 0 saturated carbocycles. The Morgan fingerprint density at radius 3 is 3.15 bits per heavy atom. The van der Waals surface area contributed by atoms with Crippen LogP contribution >= 0.6 is 27.7 Å². The van der Waals surface area contributed by atoms with Crippen molar-refractivity contribution < 1.29 is 9.53 Å². The van der Waals surface area contributed by atoms with Crippen molar-refractivity contribution in [1.29, 1.82) is 0 Å². The van der Waals surface area contributed by atoms with Crippen molar-refractivity contribution in [2.45, 2.75) is 25.4 Å². The van der Waals surface area contributed by atoms with Gasteiger partial charge in [0.1, 0.15) is 5.75 Å². The van der Waals surface area contributed by atoms with Crippen LogP contribution in [-0.4, -0.2) is 30.6 Å². The highest BCUT2D eigenvalue weighted by Gasteiger charge is 2.19. The highest BCUT2D eigenvalue weighted by atomic mass is 79.9. The van der Waals surface area contributed by atoms with E-state index >= 15 is 0 Å². The number of amides is 1. The summed E-state index contributed by atoms with van der Waals surface area (Å²) in [5, 5.41) is 2.89. The van der Waals surface area contributed by atoms with Gasteiger partial charge >= 0.3 is 0 Å². The van der Waals surface area contributed by atoms with Crippen LogP contribution in [0.15, 0.2) is 16.6 Å². The van der Waals surface area contributed by atoms with Crippen molar-refractivity contribution in [3.05, 3.63) is 27.7 Å². The van der Waals surface area contributed by atoms with Crippen molar-refractivity contribution in [2.24, 2.45) is 5.73 Å². The van der Waals surface area contributed by atoms with Gasteiger partial charge in [-0.2, -0.15) is 11.8 Å². The Balaban J connectivity index is 1.96. The first-order valence-corrected chi connectivity index (χ1v) is 8.77. The smallest absolute Gasteiger partial charge is 0.237 e. The number of carbonyl (C=O) groups is 1. The lowest BCUT2D eigenvalue weighted by Crippen LogP contribution is -2.40. The lowest BCUT2D eigenvalue weighted by atomic mass is 10.1. The van der Waals surface area contributed by atoms with Crippen LogP contribution in [0.3, 0.4) is 0 Å². The van der Waals surface area contributed by atoms with Crippen LogP contribution in [0.1, 0.15) is 17.5 Å². The van der Waals surface area contributed by atoms with E-state index in [9.17, 15) is 4.79 Å². The van der Waals surface area contributed by atoms with E-state index in [0.29, 0.717) is 19.6 Å². The summed E-state index contributed by atoms with van der Waals surface area (Å²) >= 11 is 5.18. The molecule has 0 aromatic heterocycles. The molecule has 0 fully saturated rings. The van der Waals surface area contributed by atoms with Crippen molar-refractivity contribution in [1.82, 2.24) is 5.32 Å². The minimum atomic E-state index is -0.441. The Morgan fingerprint density at radius 1 is 1.60 bits per heavy atom. The normalized spacial score (nSPS) is 14.6. The fourth-order valence-corrected chi connectivity index (χ4v) is 3.21. The number of halogens is 1. The first-order valence-electron chi connectivity index (χ1n) is 6.58. The third kappa shape index (κ3) is 3.90. The highest BCUT2D eigenvalue weighted by molar-refractivity contribution is 9.10. The van der Waals surface area contributed by atoms with Gasteiger partial charge in [0.25, 0.3) is 0 Å². The van der Waals surface area contributed by atoms with E-state index in [4.69, 9.17) is 10.5 Å².